The monoisotopic (exact) mass is 197 g/mol. The second kappa shape index (κ2) is 3.62. The van der Waals surface area contributed by atoms with Crippen LogP contribution >= 0.6 is 0 Å². The summed E-state index contributed by atoms with van der Waals surface area (Å²) in [5.41, 5.74) is 0.462. The van der Waals surface area contributed by atoms with Crippen LogP contribution in [0.25, 0.3) is 0 Å². The molecule has 1 fully saturated rings. The summed E-state index contributed by atoms with van der Waals surface area (Å²) in [6, 6.07) is 0.256. The summed E-state index contributed by atoms with van der Waals surface area (Å²) in [4.78, 5) is 10.1. The number of hydrogen-bond acceptors (Lipinski definition) is 5. The molecule has 76 valence electrons. The van der Waals surface area contributed by atoms with Gasteiger partial charge >= 0.3 is 5.82 Å². The SMILES string of the molecule is O=[N+]([O-])c1[nH]ncc1NC1CCNC1. The second-order valence-electron chi connectivity index (χ2n) is 3.22. The van der Waals surface area contributed by atoms with Crippen molar-refractivity contribution in [1.82, 2.24) is 15.5 Å². The van der Waals surface area contributed by atoms with E-state index in [-0.39, 0.29) is 11.9 Å². The number of nitrogens with one attached hydrogen (secondary N) is 3. The lowest BCUT2D eigenvalue weighted by molar-refractivity contribution is -0.388. The van der Waals surface area contributed by atoms with Gasteiger partial charge in [-0.25, -0.2) is 0 Å². The van der Waals surface area contributed by atoms with E-state index in [1.807, 2.05) is 0 Å². The van der Waals surface area contributed by atoms with Crippen molar-refractivity contribution in [2.75, 3.05) is 18.4 Å². The molecule has 1 atom stereocenters. The van der Waals surface area contributed by atoms with Crippen LogP contribution in [0.1, 0.15) is 6.42 Å². The summed E-state index contributed by atoms with van der Waals surface area (Å²) in [5, 5.41) is 22.8. The van der Waals surface area contributed by atoms with E-state index in [0.717, 1.165) is 19.5 Å². The fourth-order valence-electron chi connectivity index (χ4n) is 1.52. The molecule has 2 heterocycles. The smallest absolute Gasteiger partial charge is 0.366 e. The molecule has 0 spiro atoms. The van der Waals surface area contributed by atoms with E-state index in [1.165, 1.54) is 6.20 Å². The molecule has 3 N–H and O–H groups in total. The van der Waals surface area contributed by atoms with Crippen molar-refractivity contribution in [3.8, 4) is 0 Å². The van der Waals surface area contributed by atoms with E-state index in [4.69, 9.17) is 0 Å². The van der Waals surface area contributed by atoms with Gasteiger partial charge in [0.2, 0.25) is 0 Å². The predicted molar refractivity (Wildman–Crippen MR) is 50.1 cm³/mol. The summed E-state index contributed by atoms with van der Waals surface area (Å²) in [7, 11) is 0. The van der Waals surface area contributed by atoms with Crippen LogP contribution in [0.4, 0.5) is 11.5 Å². The molecule has 0 saturated carbocycles. The number of aromatic nitrogens is 2. The lowest BCUT2D eigenvalue weighted by Gasteiger charge is -2.09. The fraction of sp³-hybridized carbons (Fsp3) is 0.571. The van der Waals surface area contributed by atoms with Crippen molar-refractivity contribution in [2.45, 2.75) is 12.5 Å². The Kier molecular flexibility index (Phi) is 2.32. The van der Waals surface area contributed by atoms with Gasteiger partial charge in [0.1, 0.15) is 6.20 Å². The van der Waals surface area contributed by atoms with E-state index in [2.05, 4.69) is 20.8 Å². The third-order valence-electron chi connectivity index (χ3n) is 2.22. The van der Waals surface area contributed by atoms with Crippen LogP contribution < -0.4 is 10.6 Å². The average Bonchev–Trinajstić information content (AvgIpc) is 2.75. The maximum Gasteiger partial charge on any atom is 0.366 e. The van der Waals surface area contributed by atoms with Gasteiger partial charge in [-0.3, -0.25) is 0 Å². The molecular formula is C7H11N5O2. The van der Waals surface area contributed by atoms with E-state index >= 15 is 0 Å². The molecule has 1 aliphatic rings. The average molecular weight is 197 g/mol. The van der Waals surface area contributed by atoms with Crippen LogP contribution in [-0.4, -0.2) is 34.3 Å². The molecule has 0 bridgehead atoms. The summed E-state index contributed by atoms with van der Waals surface area (Å²) in [6.07, 6.45) is 2.42. The van der Waals surface area contributed by atoms with Gasteiger partial charge in [0.15, 0.2) is 5.69 Å². The first-order valence-electron chi connectivity index (χ1n) is 4.42. The highest BCUT2D eigenvalue weighted by atomic mass is 16.6. The molecule has 1 aromatic rings. The van der Waals surface area contributed by atoms with Crippen LogP contribution in [0.5, 0.6) is 0 Å². The minimum Gasteiger partial charge on any atom is -0.373 e. The van der Waals surface area contributed by atoms with Crippen molar-refractivity contribution < 1.29 is 4.92 Å². The van der Waals surface area contributed by atoms with Crippen molar-refractivity contribution in [3.63, 3.8) is 0 Å². The largest absolute Gasteiger partial charge is 0.373 e. The molecule has 1 unspecified atom stereocenters. The van der Waals surface area contributed by atoms with Gasteiger partial charge in [0, 0.05) is 12.6 Å². The quantitative estimate of drug-likeness (QED) is 0.471. The number of nitro groups is 1. The molecule has 7 nitrogen and oxygen atoms in total. The molecule has 1 aliphatic heterocycles. The summed E-state index contributed by atoms with van der Waals surface area (Å²) < 4.78 is 0. The van der Waals surface area contributed by atoms with Crippen molar-refractivity contribution in [2.24, 2.45) is 0 Å². The highest BCUT2D eigenvalue weighted by molar-refractivity contribution is 5.56. The fourth-order valence-corrected chi connectivity index (χ4v) is 1.52. The minimum absolute atomic E-state index is 0.0723. The Morgan fingerprint density at radius 1 is 1.71 bits per heavy atom. The zero-order valence-corrected chi connectivity index (χ0v) is 7.49. The Labute approximate surface area is 80.0 Å². The maximum absolute atomic E-state index is 10.5. The molecule has 0 aromatic carbocycles. The van der Waals surface area contributed by atoms with Crippen LogP contribution in [0.15, 0.2) is 6.20 Å². The zero-order chi connectivity index (χ0) is 9.97. The van der Waals surface area contributed by atoms with E-state index < -0.39 is 4.92 Å². The molecule has 14 heavy (non-hydrogen) atoms. The standard InChI is InChI=1S/C7H11N5O2/c13-12(14)7-6(4-9-11-7)10-5-1-2-8-3-5/h4-5,8,10H,1-3H2,(H,9,11). The van der Waals surface area contributed by atoms with Crippen molar-refractivity contribution in [3.05, 3.63) is 16.3 Å². The number of nitrogens with zero attached hydrogens (tertiary/aromatic N) is 2. The Morgan fingerprint density at radius 2 is 2.57 bits per heavy atom. The lowest BCUT2D eigenvalue weighted by atomic mass is 10.2. The van der Waals surface area contributed by atoms with Gasteiger partial charge in [0.25, 0.3) is 0 Å². The van der Waals surface area contributed by atoms with Gasteiger partial charge in [-0.05, 0) is 17.9 Å². The van der Waals surface area contributed by atoms with E-state index in [9.17, 15) is 10.1 Å². The lowest BCUT2D eigenvalue weighted by Crippen LogP contribution is -2.22. The maximum atomic E-state index is 10.5. The molecular weight excluding hydrogens is 186 g/mol. The third-order valence-corrected chi connectivity index (χ3v) is 2.22. The first kappa shape index (κ1) is 8.95. The topological polar surface area (TPSA) is 95.9 Å². The second-order valence-corrected chi connectivity index (χ2v) is 3.22. The first-order valence-corrected chi connectivity index (χ1v) is 4.42. The number of anilines is 1. The van der Waals surface area contributed by atoms with Crippen LogP contribution in [-0.2, 0) is 0 Å². The number of aromatic amines is 1. The van der Waals surface area contributed by atoms with Crippen LogP contribution in [0, 0.1) is 10.1 Å². The normalized spacial score (nSPS) is 21.0. The highest BCUT2D eigenvalue weighted by Gasteiger charge is 2.20. The molecule has 2 rings (SSSR count). The van der Waals surface area contributed by atoms with E-state index in [1.54, 1.807) is 0 Å². The zero-order valence-electron chi connectivity index (χ0n) is 7.49. The third kappa shape index (κ3) is 1.67. The summed E-state index contributed by atoms with van der Waals surface area (Å²) in [6.45, 7) is 1.78. The van der Waals surface area contributed by atoms with Gasteiger partial charge in [0.05, 0.1) is 0 Å². The molecule has 0 aliphatic carbocycles. The van der Waals surface area contributed by atoms with Crippen LogP contribution in [0.2, 0.25) is 0 Å². The number of rotatable bonds is 3. The van der Waals surface area contributed by atoms with E-state index in [0.29, 0.717) is 5.69 Å². The Bertz CT molecular complexity index is 331. The summed E-state index contributed by atoms with van der Waals surface area (Å²) >= 11 is 0. The van der Waals surface area contributed by atoms with Gasteiger partial charge < -0.3 is 20.7 Å². The number of H-pyrrole nitrogens is 1. The van der Waals surface area contributed by atoms with Crippen molar-refractivity contribution >= 4 is 11.5 Å². The Morgan fingerprint density at radius 3 is 3.21 bits per heavy atom. The molecule has 7 heteroatoms. The first-order chi connectivity index (χ1) is 6.77. The summed E-state index contributed by atoms with van der Waals surface area (Å²) in [5.74, 6) is -0.0723. The van der Waals surface area contributed by atoms with Crippen LogP contribution in [0.3, 0.4) is 0 Å². The predicted octanol–water partition coefficient (Wildman–Crippen LogP) is 0.0917. The Hall–Kier alpha value is -1.63. The molecule has 1 saturated heterocycles. The highest BCUT2D eigenvalue weighted by Crippen LogP contribution is 2.21. The molecule has 0 radical (unpaired) electrons. The minimum atomic E-state index is -0.474. The Balaban J connectivity index is 2.07. The van der Waals surface area contributed by atoms with Gasteiger partial charge in [-0.1, -0.05) is 5.10 Å². The van der Waals surface area contributed by atoms with Gasteiger partial charge in [-0.15, -0.1) is 5.10 Å². The van der Waals surface area contributed by atoms with Crippen molar-refractivity contribution in [1.29, 1.82) is 0 Å². The van der Waals surface area contributed by atoms with Gasteiger partial charge in [-0.2, -0.15) is 0 Å². The molecule has 0 amide bonds. The molecule has 1 aromatic heterocycles. The number of hydrogen-bond donors (Lipinski definition) is 3.